The number of nitrogens with zero attached hydrogens (tertiary/aromatic N) is 1. The van der Waals surface area contributed by atoms with Crippen LogP contribution in [0, 0.1) is 6.92 Å². The van der Waals surface area contributed by atoms with Crippen LogP contribution in [-0.4, -0.2) is 34.8 Å². The van der Waals surface area contributed by atoms with Gasteiger partial charge in [0.25, 0.3) is 5.91 Å². The molecular formula is C25H25NO6S. The van der Waals surface area contributed by atoms with E-state index in [4.69, 9.17) is 9.84 Å². The van der Waals surface area contributed by atoms with Crippen LogP contribution in [0.5, 0.6) is 5.06 Å². The number of carbonyl (C=O) groups is 3. The number of aliphatic carboxylic acids is 1. The van der Waals surface area contributed by atoms with Crippen LogP contribution in [0.3, 0.4) is 0 Å². The lowest BCUT2D eigenvalue weighted by molar-refractivity contribution is -0.136. The maximum Gasteiger partial charge on any atom is 0.512 e. The SMILES string of the molecule is CCCN(C(=O)c1ccc(C)cc1)c1cc(-c2cccc(CCC(=O)O)c2)sc1OC(=O)O. The molecular weight excluding hydrogens is 442 g/mol. The molecule has 172 valence electrons. The highest BCUT2D eigenvalue weighted by atomic mass is 32.1. The molecule has 0 aliphatic rings. The number of rotatable bonds is 9. The van der Waals surface area contributed by atoms with E-state index in [9.17, 15) is 19.5 Å². The molecule has 8 heteroatoms. The minimum absolute atomic E-state index is 0.0157. The molecule has 0 atom stereocenters. The number of amides is 1. The van der Waals surface area contributed by atoms with E-state index in [1.807, 2.05) is 50.2 Å². The third kappa shape index (κ3) is 6.20. The highest BCUT2D eigenvalue weighted by Crippen LogP contribution is 2.43. The summed E-state index contributed by atoms with van der Waals surface area (Å²) in [4.78, 5) is 37.8. The monoisotopic (exact) mass is 467 g/mol. The van der Waals surface area contributed by atoms with Gasteiger partial charge in [-0.15, -0.1) is 0 Å². The molecule has 0 spiro atoms. The third-order valence-corrected chi connectivity index (χ3v) is 6.03. The van der Waals surface area contributed by atoms with Gasteiger partial charge in [-0.05, 0) is 49.1 Å². The lowest BCUT2D eigenvalue weighted by Crippen LogP contribution is -2.31. The van der Waals surface area contributed by atoms with E-state index in [2.05, 4.69) is 0 Å². The van der Waals surface area contributed by atoms with Crippen molar-refractivity contribution >= 4 is 35.1 Å². The molecule has 1 aromatic heterocycles. The van der Waals surface area contributed by atoms with Crippen molar-refractivity contribution in [3.05, 3.63) is 71.3 Å². The number of benzene rings is 2. The number of hydrogen-bond donors (Lipinski definition) is 2. The van der Waals surface area contributed by atoms with Crippen molar-refractivity contribution in [3.8, 4) is 15.5 Å². The van der Waals surface area contributed by atoms with Crippen molar-refractivity contribution < 1.29 is 29.3 Å². The molecule has 1 heterocycles. The van der Waals surface area contributed by atoms with Crippen LogP contribution in [0.4, 0.5) is 10.5 Å². The topological polar surface area (TPSA) is 104 Å². The molecule has 2 N–H and O–H groups in total. The van der Waals surface area contributed by atoms with Gasteiger partial charge in [-0.25, -0.2) is 4.79 Å². The Balaban J connectivity index is 2.02. The minimum atomic E-state index is -1.46. The number of carboxylic acid groups (broad SMARTS) is 2. The molecule has 0 bridgehead atoms. The van der Waals surface area contributed by atoms with Gasteiger partial charge in [0.2, 0.25) is 5.06 Å². The molecule has 2 aromatic carbocycles. The summed E-state index contributed by atoms with van der Waals surface area (Å²) in [5.74, 6) is -1.12. The number of aryl methyl sites for hydroxylation is 2. The molecule has 33 heavy (non-hydrogen) atoms. The second-order valence-electron chi connectivity index (χ2n) is 7.57. The minimum Gasteiger partial charge on any atom is -0.481 e. The Morgan fingerprint density at radius 2 is 1.76 bits per heavy atom. The maximum absolute atomic E-state index is 13.3. The van der Waals surface area contributed by atoms with Crippen LogP contribution in [0.15, 0.2) is 54.6 Å². The average molecular weight is 468 g/mol. The van der Waals surface area contributed by atoms with Gasteiger partial charge >= 0.3 is 12.1 Å². The summed E-state index contributed by atoms with van der Waals surface area (Å²) in [5.41, 5.74) is 3.57. The molecule has 0 saturated heterocycles. The number of anilines is 1. The highest BCUT2D eigenvalue weighted by Gasteiger charge is 2.25. The zero-order valence-electron chi connectivity index (χ0n) is 18.4. The largest absolute Gasteiger partial charge is 0.512 e. The predicted octanol–water partition coefficient (Wildman–Crippen LogP) is 5.85. The second kappa shape index (κ2) is 10.8. The van der Waals surface area contributed by atoms with E-state index >= 15 is 0 Å². The zero-order chi connectivity index (χ0) is 24.0. The predicted molar refractivity (Wildman–Crippen MR) is 128 cm³/mol. The fourth-order valence-corrected chi connectivity index (χ4v) is 4.39. The van der Waals surface area contributed by atoms with E-state index in [-0.39, 0.29) is 17.4 Å². The van der Waals surface area contributed by atoms with E-state index in [0.717, 1.165) is 32.9 Å². The second-order valence-corrected chi connectivity index (χ2v) is 8.58. The summed E-state index contributed by atoms with van der Waals surface area (Å²) >= 11 is 1.13. The maximum atomic E-state index is 13.3. The van der Waals surface area contributed by atoms with Crippen molar-refractivity contribution in [2.24, 2.45) is 0 Å². The smallest absolute Gasteiger partial charge is 0.481 e. The van der Waals surface area contributed by atoms with Crippen LogP contribution in [-0.2, 0) is 11.2 Å². The normalized spacial score (nSPS) is 10.6. The van der Waals surface area contributed by atoms with E-state index in [0.29, 0.717) is 30.6 Å². The lowest BCUT2D eigenvalue weighted by atomic mass is 10.1. The number of thiophene rings is 1. The molecule has 0 fully saturated rings. The summed E-state index contributed by atoms with van der Waals surface area (Å²) in [6.07, 6.45) is -0.394. The Morgan fingerprint density at radius 3 is 2.39 bits per heavy atom. The number of hydrogen-bond acceptors (Lipinski definition) is 5. The van der Waals surface area contributed by atoms with Crippen LogP contribution in [0.2, 0.25) is 0 Å². The van der Waals surface area contributed by atoms with Crippen LogP contribution in [0.1, 0.15) is 41.3 Å². The number of ether oxygens (including phenoxy) is 1. The van der Waals surface area contributed by atoms with Crippen molar-refractivity contribution in [2.75, 3.05) is 11.4 Å². The van der Waals surface area contributed by atoms with Crippen LogP contribution >= 0.6 is 11.3 Å². The van der Waals surface area contributed by atoms with Gasteiger partial charge in [0.1, 0.15) is 0 Å². The quantitative estimate of drug-likeness (QED) is 0.382. The summed E-state index contributed by atoms with van der Waals surface area (Å²) in [6.45, 7) is 4.26. The number of carboxylic acids is 1. The van der Waals surface area contributed by atoms with Gasteiger partial charge < -0.3 is 19.8 Å². The van der Waals surface area contributed by atoms with Gasteiger partial charge in [0.05, 0.1) is 5.69 Å². The van der Waals surface area contributed by atoms with Gasteiger partial charge in [-0.2, -0.15) is 0 Å². The molecule has 3 rings (SSSR count). The van der Waals surface area contributed by atoms with Crippen molar-refractivity contribution in [1.29, 1.82) is 0 Å². The first-order valence-electron chi connectivity index (χ1n) is 10.5. The van der Waals surface area contributed by atoms with Crippen molar-refractivity contribution in [1.82, 2.24) is 0 Å². The highest BCUT2D eigenvalue weighted by molar-refractivity contribution is 7.18. The first-order valence-corrected chi connectivity index (χ1v) is 11.3. The average Bonchev–Trinajstić information content (AvgIpc) is 3.19. The van der Waals surface area contributed by atoms with Crippen LogP contribution in [0.25, 0.3) is 10.4 Å². The Hall–Kier alpha value is -3.65. The van der Waals surface area contributed by atoms with Gasteiger partial charge in [0.15, 0.2) is 0 Å². The molecule has 0 unspecified atom stereocenters. The summed E-state index contributed by atoms with van der Waals surface area (Å²) in [7, 11) is 0. The van der Waals surface area contributed by atoms with Crippen LogP contribution < -0.4 is 9.64 Å². The molecule has 0 saturated carbocycles. The summed E-state index contributed by atoms with van der Waals surface area (Å²) in [5, 5.41) is 18.3. The molecule has 0 aliphatic heterocycles. The first-order chi connectivity index (χ1) is 15.8. The van der Waals surface area contributed by atoms with Crippen molar-refractivity contribution in [3.63, 3.8) is 0 Å². The fraction of sp³-hybridized carbons (Fsp3) is 0.240. The number of carbonyl (C=O) groups excluding carboxylic acids is 1. The van der Waals surface area contributed by atoms with Gasteiger partial charge in [-0.3, -0.25) is 9.59 Å². The Labute approximate surface area is 195 Å². The zero-order valence-corrected chi connectivity index (χ0v) is 19.2. The molecule has 1 amide bonds. The van der Waals surface area contributed by atoms with Gasteiger partial charge in [-0.1, -0.05) is 60.2 Å². The van der Waals surface area contributed by atoms with Crippen molar-refractivity contribution in [2.45, 2.75) is 33.1 Å². The summed E-state index contributed by atoms with van der Waals surface area (Å²) in [6, 6.07) is 16.4. The fourth-order valence-electron chi connectivity index (χ4n) is 3.39. The lowest BCUT2D eigenvalue weighted by Gasteiger charge is -2.22. The Morgan fingerprint density at radius 1 is 1.03 bits per heavy atom. The standard InChI is InChI=1S/C25H25NO6S/c1-3-13-26(23(29)18-10-7-16(2)8-11-18)20-15-21(33-24(20)32-25(30)31)19-6-4-5-17(14-19)9-12-22(27)28/h4-8,10-11,14-15H,3,9,12-13H2,1-2H3,(H,27,28)(H,30,31). The van der Waals surface area contributed by atoms with E-state index in [1.54, 1.807) is 18.2 Å². The first kappa shape index (κ1) is 24.0. The Kier molecular flexibility index (Phi) is 7.84. The molecule has 3 aromatic rings. The summed E-state index contributed by atoms with van der Waals surface area (Å²) < 4.78 is 5.05. The third-order valence-electron chi connectivity index (χ3n) is 4.98. The molecule has 0 aliphatic carbocycles. The van der Waals surface area contributed by atoms with E-state index < -0.39 is 12.1 Å². The molecule has 7 nitrogen and oxygen atoms in total. The Bertz CT molecular complexity index is 1150. The van der Waals surface area contributed by atoms with E-state index in [1.165, 1.54) is 4.90 Å². The molecule has 0 radical (unpaired) electrons. The van der Waals surface area contributed by atoms with Gasteiger partial charge in [0, 0.05) is 23.4 Å².